The molecule has 1 aromatic heterocycles. The standard InChI is InChI=1S/C19H18N4O4S/c1-12-20-19(27-22-12)17-8-3-2-7-16(17)18(24)21-14-5-4-6-15(11-14)28(25,26)23-13-9-10-13/h2-8,11,13,23H,9-10H2,1H3,(H,21,24). The van der Waals surface area contributed by atoms with E-state index in [0.717, 1.165) is 12.8 Å². The molecule has 0 bridgehead atoms. The summed E-state index contributed by atoms with van der Waals surface area (Å²) in [6.45, 7) is 1.69. The van der Waals surface area contributed by atoms with E-state index in [1.165, 1.54) is 12.1 Å². The highest BCUT2D eigenvalue weighted by molar-refractivity contribution is 7.89. The number of amides is 1. The van der Waals surface area contributed by atoms with Gasteiger partial charge in [0.15, 0.2) is 5.82 Å². The van der Waals surface area contributed by atoms with Crippen LogP contribution in [0.15, 0.2) is 57.9 Å². The van der Waals surface area contributed by atoms with E-state index >= 15 is 0 Å². The van der Waals surface area contributed by atoms with Crippen LogP contribution in [-0.4, -0.2) is 30.5 Å². The van der Waals surface area contributed by atoms with E-state index in [2.05, 4.69) is 20.2 Å². The second-order valence-electron chi connectivity index (χ2n) is 6.57. The van der Waals surface area contributed by atoms with E-state index in [1.54, 1.807) is 43.3 Å². The number of aromatic nitrogens is 2. The predicted octanol–water partition coefficient (Wildman–Crippen LogP) is 2.74. The molecule has 1 saturated carbocycles. The van der Waals surface area contributed by atoms with Crippen molar-refractivity contribution < 1.29 is 17.7 Å². The lowest BCUT2D eigenvalue weighted by Crippen LogP contribution is -2.25. The molecule has 8 nitrogen and oxygen atoms in total. The topological polar surface area (TPSA) is 114 Å². The van der Waals surface area contributed by atoms with Gasteiger partial charge in [-0.05, 0) is 50.1 Å². The molecule has 28 heavy (non-hydrogen) atoms. The van der Waals surface area contributed by atoms with Crippen LogP contribution in [0.5, 0.6) is 0 Å². The minimum atomic E-state index is -3.60. The van der Waals surface area contributed by atoms with Crippen LogP contribution in [0.2, 0.25) is 0 Å². The zero-order chi connectivity index (χ0) is 19.7. The molecule has 2 N–H and O–H groups in total. The Morgan fingerprint density at radius 3 is 2.64 bits per heavy atom. The maximum atomic E-state index is 12.8. The van der Waals surface area contributed by atoms with Crippen molar-refractivity contribution in [2.45, 2.75) is 30.7 Å². The predicted molar refractivity (Wildman–Crippen MR) is 102 cm³/mol. The van der Waals surface area contributed by atoms with Gasteiger partial charge >= 0.3 is 0 Å². The lowest BCUT2D eigenvalue weighted by molar-refractivity contribution is 0.102. The summed E-state index contributed by atoms with van der Waals surface area (Å²) < 4.78 is 32.6. The van der Waals surface area contributed by atoms with E-state index in [1.807, 2.05) is 0 Å². The van der Waals surface area contributed by atoms with Crippen LogP contribution in [0.3, 0.4) is 0 Å². The van der Waals surface area contributed by atoms with Gasteiger partial charge < -0.3 is 9.84 Å². The monoisotopic (exact) mass is 398 g/mol. The van der Waals surface area contributed by atoms with Crippen LogP contribution in [0.4, 0.5) is 5.69 Å². The summed E-state index contributed by atoms with van der Waals surface area (Å²) in [6, 6.07) is 13.0. The van der Waals surface area contributed by atoms with Crippen LogP contribution in [0.1, 0.15) is 29.0 Å². The number of nitrogens with one attached hydrogen (secondary N) is 2. The number of carbonyl (C=O) groups is 1. The third-order valence-electron chi connectivity index (χ3n) is 4.23. The number of benzene rings is 2. The van der Waals surface area contributed by atoms with Crippen molar-refractivity contribution in [3.05, 3.63) is 59.9 Å². The normalized spacial score (nSPS) is 14.0. The summed E-state index contributed by atoms with van der Waals surface area (Å²) in [5, 5.41) is 6.49. The van der Waals surface area contributed by atoms with Crippen LogP contribution >= 0.6 is 0 Å². The lowest BCUT2D eigenvalue weighted by Gasteiger charge is -2.10. The Morgan fingerprint density at radius 1 is 1.14 bits per heavy atom. The molecule has 0 aliphatic heterocycles. The Morgan fingerprint density at radius 2 is 1.93 bits per heavy atom. The molecule has 0 radical (unpaired) electrons. The van der Waals surface area contributed by atoms with E-state index in [-0.39, 0.29) is 16.8 Å². The van der Waals surface area contributed by atoms with Crippen molar-refractivity contribution in [2.24, 2.45) is 0 Å². The summed E-state index contributed by atoms with van der Waals surface area (Å²) in [5.74, 6) is 0.302. The third-order valence-corrected chi connectivity index (χ3v) is 5.75. The van der Waals surface area contributed by atoms with Gasteiger partial charge in [0.2, 0.25) is 10.0 Å². The smallest absolute Gasteiger partial charge is 0.258 e. The molecule has 1 aliphatic rings. The quantitative estimate of drug-likeness (QED) is 0.660. The molecular weight excluding hydrogens is 380 g/mol. The van der Waals surface area contributed by atoms with E-state index in [0.29, 0.717) is 22.6 Å². The lowest BCUT2D eigenvalue weighted by atomic mass is 10.1. The molecule has 1 amide bonds. The molecule has 0 saturated heterocycles. The Labute approximate surface area is 162 Å². The molecular formula is C19H18N4O4S. The maximum absolute atomic E-state index is 12.8. The molecule has 0 spiro atoms. The molecule has 0 atom stereocenters. The second-order valence-corrected chi connectivity index (χ2v) is 8.28. The molecule has 4 rings (SSSR count). The fourth-order valence-electron chi connectivity index (χ4n) is 2.70. The van der Waals surface area contributed by atoms with Gasteiger partial charge in [-0.3, -0.25) is 4.79 Å². The van der Waals surface area contributed by atoms with Gasteiger partial charge in [0.05, 0.1) is 16.0 Å². The third kappa shape index (κ3) is 3.95. The molecule has 1 fully saturated rings. The zero-order valence-electron chi connectivity index (χ0n) is 15.0. The molecule has 2 aromatic carbocycles. The average molecular weight is 398 g/mol. The summed E-state index contributed by atoms with van der Waals surface area (Å²) in [5.41, 5.74) is 1.22. The van der Waals surface area contributed by atoms with E-state index < -0.39 is 15.9 Å². The van der Waals surface area contributed by atoms with Gasteiger partial charge in [-0.2, -0.15) is 4.98 Å². The molecule has 3 aromatic rings. The first-order chi connectivity index (χ1) is 13.4. The Balaban J connectivity index is 1.59. The number of carbonyl (C=O) groups excluding carboxylic acids is 1. The van der Waals surface area contributed by atoms with Gasteiger partial charge in [-0.1, -0.05) is 23.4 Å². The number of sulfonamides is 1. The van der Waals surface area contributed by atoms with Gasteiger partial charge in [0, 0.05) is 11.7 Å². The van der Waals surface area contributed by atoms with E-state index in [9.17, 15) is 13.2 Å². The average Bonchev–Trinajstić information content (AvgIpc) is 3.38. The van der Waals surface area contributed by atoms with Crippen LogP contribution in [0, 0.1) is 6.92 Å². The summed E-state index contributed by atoms with van der Waals surface area (Å²) in [6.07, 6.45) is 1.70. The van der Waals surface area contributed by atoms with Crippen LogP contribution in [-0.2, 0) is 10.0 Å². The fraction of sp³-hybridized carbons (Fsp3) is 0.211. The van der Waals surface area contributed by atoms with Crippen molar-refractivity contribution in [1.82, 2.24) is 14.9 Å². The number of aryl methyl sites for hydroxylation is 1. The second kappa shape index (κ2) is 7.17. The summed E-state index contributed by atoms with van der Waals surface area (Å²) in [4.78, 5) is 17.1. The summed E-state index contributed by atoms with van der Waals surface area (Å²) in [7, 11) is -3.60. The first-order valence-corrected chi connectivity index (χ1v) is 10.2. The highest BCUT2D eigenvalue weighted by atomic mass is 32.2. The number of nitrogens with zero attached hydrogens (tertiary/aromatic N) is 2. The minimum absolute atomic E-state index is 0.00739. The first-order valence-electron chi connectivity index (χ1n) is 8.76. The van der Waals surface area contributed by atoms with Crippen LogP contribution < -0.4 is 10.0 Å². The Bertz CT molecular complexity index is 1140. The Hall–Kier alpha value is -3.04. The van der Waals surface area contributed by atoms with Crippen molar-refractivity contribution in [3.63, 3.8) is 0 Å². The minimum Gasteiger partial charge on any atom is -0.334 e. The first kappa shape index (κ1) is 18.3. The highest BCUT2D eigenvalue weighted by Crippen LogP contribution is 2.25. The maximum Gasteiger partial charge on any atom is 0.258 e. The van der Waals surface area contributed by atoms with Crippen molar-refractivity contribution in [1.29, 1.82) is 0 Å². The largest absolute Gasteiger partial charge is 0.334 e. The Kier molecular flexibility index (Phi) is 4.70. The van der Waals surface area contributed by atoms with Crippen LogP contribution in [0.25, 0.3) is 11.5 Å². The van der Waals surface area contributed by atoms with Gasteiger partial charge in [0.25, 0.3) is 11.8 Å². The van der Waals surface area contributed by atoms with Gasteiger partial charge in [0.1, 0.15) is 0 Å². The van der Waals surface area contributed by atoms with Crippen molar-refractivity contribution >= 4 is 21.6 Å². The SMILES string of the molecule is Cc1noc(-c2ccccc2C(=O)Nc2cccc(S(=O)(=O)NC3CC3)c2)n1. The number of hydrogen-bond donors (Lipinski definition) is 2. The number of anilines is 1. The molecule has 9 heteroatoms. The van der Waals surface area contributed by atoms with Crippen molar-refractivity contribution in [3.8, 4) is 11.5 Å². The van der Waals surface area contributed by atoms with Gasteiger partial charge in [-0.25, -0.2) is 13.1 Å². The fourth-order valence-corrected chi connectivity index (χ4v) is 4.05. The number of rotatable bonds is 6. The zero-order valence-corrected chi connectivity index (χ0v) is 15.9. The molecule has 1 heterocycles. The molecule has 144 valence electrons. The van der Waals surface area contributed by atoms with Crippen molar-refractivity contribution in [2.75, 3.05) is 5.32 Å². The summed E-state index contributed by atoms with van der Waals surface area (Å²) >= 11 is 0. The highest BCUT2D eigenvalue weighted by Gasteiger charge is 2.28. The molecule has 1 aliphatic carbocycles. The van der Waals surface area contributed by atoms with E-state index in [4.69, 9.17) is 4.52 Å². The molecule has 0 unspecified atom stereocenters. The number of hydrogen-bond acceptors (Lipinski definition) is 6. The van der Waals surface area contributed by atoms with Gasteiger partial charge in [-0.15, -0.1) is 0 Å².